The molecule has 0 heterocycles. The number of carbonyl (C=O) groups excluding carboxylic acids is 1. The lowest BCUT2D eigenvalue weighted by Gasteiger charge is -2.33. The van der Waals surface area contributed by atoms with Crippen LogP contribution < -0.4 is 4.74 Å². The first kappa shape index (κ1) is 24.0. The van der Waals surface area contributed by atoms with Crippen LogP contribution in [0.1, 0.15) is 63.0 Å². The molecule has 0 bridgehead atoms. The highest BCUT2D eigenvalue weighted by molar-refractivity contribution is 5.73. The second kappa shape index (κ2) is 10.4. The van der Waals surface area contributed by atoms with Crippen molar-refractivity contribution in [2.75, 3.05) is 6.61 Å². The second-order valence-corrected chi connectivity index (χ2v) is 10.1. The van der Waals surface area contributed by atoms with E-state index < -0.39 is 17.9 Å². The molecule has 182 valence electrons. The number of carboxylic acids is 1. The van der Waals surface area contributed by atoms with Gasteiger partial charge in [0.1, 0.15) is 11.9 Å². The second-order valence-electron chi connectivity index (χ2n) is 10.1. The molecule has 4 rings (SSSR count). The van der Waals surface area contributed by atoms with Crippen molar-refractivity contribution in [1.82, 2.24) is 0 Å². The smallest absolute Gasteiger partial charge is 0.344 e. The van der Waals surface area contributed by atoms with Crippen LogP contribution in [-0.4, -0.2) is 52.2 Å². The summed E-state index contributed by atoms with van der Waals surface area (Å²) in [7, 11) is 0. The predicted octanol–water partition coefficient (Wildman–Crippen LogP) is 3.12. The molecule has 3 aliphatic rings. The molecule has 0 unspecified atom stereocenters. The molecule has 7 heteroatoms. The number of fused-ring (bicyclic) bond motifs is 2. The van der Waals surface area contributed by atoms with E-state index in [1.165, 1.54) is 5.56 Å². The van der Waals surface area contributed by atoms with E-state index in [4.69, 9.17) is 14.6 Å². The fourth-order valence-corrected chi connectivity index (χ4v) is 6.02. The molecule has 1 aromatic carbocycles. The summed E-state index contributed by atoms with van der Waals surface area (Å²) in [5.41, 5.74) is 2.32. The van der Waals surface area contributed by atoms with Crippen molar-refractivity contribution in [3.05, 3.63) is 29.3 Å². The zero-order chi connectivity index (χ0) is 23.5. The van der Waals surface area contributed by atoms with Gasteiger partial charge in [0.2, 0.25) is 0 Å². The Morgan fingerprint density at radius 1 is 1.15 bits per heavy atom. The van der Waals surface area contributed by atoms with Gasteiger partial charge in [-0.05, 0) is 86.3 Å². The summed E-state index contributed by atoms with van der Waals surface area (Å²) in [6.45, 7) is 1.88. The molecular formula is C26H36O7. The van der Waals surface area contributed by atoms with Crippen molar-refractivity contribution in [1.29, 1.82) is 0 Å². The van der Waals surface area contributed by atoms with Crippen LogP contribution in [0.3, 0.4) is 0 Å². The van der Waals surface area contributed by atoms with E-state index in [1.54, 1.807) is 0 Å². The summed E-state index contributed by atoms with van der Waals surface area (Å²) in [6, 6.07) is 5.92. The number of carboxylic acid groups (broad SMARTS) is 1. The molecule has 3 N–H and O–H groups in total. The number of rotatable bonds is 10. The minimum Gasteiger partial charge on any atom is -0.482 e. The highest BCUT2D eigenvalue weighted by atomic mass is 16.6. The fraction of sp³-hybridized carbons (Fsp3) is 0.692. The zero-order valence-corrected chi connectivity index (χ0v) is 19.3. The van der Waals surface area contributed by atoms with Crippen molar-refractivity contribution in [2.24, 2.45) is 23.7 Å². The van der Waals surface area contributed by atoms with Crippen LogP contribution >= 0.6 is 0 Å². The van der Waals surface area contributed by atoms with Crippen molar-refractivity contribution in [3.63, 3.8) is 0 Å². The third-order valence-electron chi connectivity index (χ3n) is 7.89. The molecule has 0 aromatic heterocycles. The van der Waals surface area contributed by atoms with Gasteiger partial charge in [-0.25, -0.2) is 4.79 Å². The van der Waals surface area contributed by atoms with Crippen LogP contribution in [0.2, 0.25) is 0 Å². The number of hydrogen-bond acceptors (Lipinski definition) is 6. The number of esters is 1. The molecule has 33 heavy (non-hydrogen) atoms. The topological polar surface area (TPSA) is 113 Å². The SMILES string of the molecule is CCC[C@H](O)CC[C@@H]1[C@H]2Cc3cccc(OCC(=O)OC4CC(C(=O)O)C4)c3C[C@H]2C[C@H]1O. The normalized spacial score (nSPS) is 31.1. The number of aliphatic hydroxyl groups excluding tert-OH is 2. The lowest BCUT2D eigenvalue weighted by Crippen LogP contribution is -2.38. The van der Waals surface area contributed by atoms with E-state index in [0.29, 0.717) is 30.4 Å². The summed E-state index contributed by atoms with van der Waals surface area (Å²) in [4.78, 5) is 23.0. The van der Waals surface area contributed by atoms with Gasteiger partial charge in [-0.3, -0.25) is 4.79 Å². The maximum absolute atomic E-state index is 12.2. The Hall–Kier alpha value is -2.12. The summed E-state index contributed by atoms with van der Waals surface area (Å²) in [5, 5.41) is 29.8. The molecule has 5 atom stereocenters. The number of ether oxygens (including phenoxy) is 2. The lowest BCUT2D eigenvalue weighted by atomic mass is 9.73. The Balaban J connectivity index is 1.33. The van der Waals surface area contributed by atoms with Crippen LogP contribution in [0.25, 0.3) is 0 Å². The molecule has 0 aliphatic heterocycles. The highest BCUT2D eigenvalue weighted by Crippen LogP contribution is 2.48. The summed E-state index contributed by atoms with van der Waals surface area (Å²) >= 11 is 0. The molecule has 0 spiro atoms. The predicted molar refractivity (Wildman–Crippen MR) is 121 cm³/mol. The van der Waals surface area contributed by atoms with E-state index in [2.05, 4.69) is 13.0 Å². The Bertz CT molecular complexity index is 847. The molecule has 7 nitrogen and oxygen atoms in total. The lowest BCUT2D eigenvalue weighted by molar-refractivity contribution is -0.165. The number of aliphatic carboxylic acids is 1. The molecule has 0 radical (unpaired) electrons. The Morgan fingerprint density at radius 2 is 1.94 bits per heavy atom. The Labute approximate surface area is 195 Å². The molecule has 0 saturated heterocycles. The molecule has 2 saturated carbocycles. The van der Waals surface area contributed by atoms with Crippen LogP contribution in [0, 0.1) is 23.7 Å². The summed E-state index contributed by atoms with van der Waals surface area (Å²) in [5.74, 6) is -0.0510. The number of hydrogen-bond donors (Lipinski definition) is 3. The fourth-order valence-electron chi connectivity index (χ4n) is 6.02. The van der Waals surface area contributed by atoms with E-state index in [0.717, 1.165) is 50.5 Å². The Kier molecular flexibility index (Phi) is 7.59. The number of benzene rings is 1. The number of aliphatic hydroxyl groups is 2. The van der Waals surface area contributed by atoms with E-state index in [-0.39, 0.29) is 30.8 Å². The molecule has 3 aliphatic carbocycles. The third kappa shape index (κ3) is 5.52. The van der Waals surface area contributed by atoms with Crippen molar-refractivity contribution >= 4 is 11.9 Å². The maximum atomic E-state index is 12.2. The van der Waals surface area contributed by atoms with E-state index in [1.807, 2.05) is 12.1 Å². The van der Waals surface area contributed by atoms with Gasteiger partial charge in [0.05, 0.1) is 18.1 Å². The van der Waals surface area contributed by atoms with Gasteiger partial charge in [0, 0.05) is 0 Å². The van der Waals surface area contributed by atoms with E-state index in [9.17, 15) is 19.8 Å². The summed E-state index contributed by atoms with van der Waals surface area (Å²) in [6.07, 6.45) is 5.61. The minimum atomic E-state index is -0.843. The largest absolute Gasteiger partial charge is 0.482 e. The first-order valence-electron chi connectivity index (χ1n) is 12.4. The van der Waals surface area contributed by atoms with Gasteiger partial charge in [-0.1, -0.05) is 25.5 Å². The maximum Gasteiger partial charge on any atom is 0.344 e. The van der Waals surface area contributed by atoms with Gasteiger partial charge in [-0.2, -0.15) is 0 Å². The van der Waals surface area contributed by atoms with Crippen molar-refractivity contribution < 1.29 is 34.4 Å². The zero-order valence-electron chi connectivity index (χ0n) is 19.3. The van der Waals surface area contributed by atoms with Crippen LogP contribution in [0.5, 0.6) is 5.75 Å². The number of carbonyl (C=O) groups is 2. The van der Waals surface area contributed by atoms with Crippen molar-refractivity contribution in [3.8, 4) is 5.75 Å². The molecule has 1 aromatic rings. The average molecular weight is 461 g/mol. The van der Waals surface area contributed by atoms with Gasteiger partial charge < -0.3 is 24.8 Å². The van der Waals surface area contributed by atoms with Crippen molar-refractivity contribution in [2.45, 2.75) is 83.0 Å². The van der Waals surface area contributed by atoms with Crippen LogP contribution in [-0.2, 0) is 27.2 Å². The summed E-state index contributed by atoms with van der Waals surface area (Å²) < 4.78 is 11.1. The third-order valence-corrected chi connectivity index (χ3v) is 7.89. The van der Waals surface area contributed by atoms with Gasteiger partial charge in [0.25, 0.3) is 0 Å². The quantitative estimate of drug-likeness (QED) is 0.460. The van der Waals surface area contributed by atoms with Crippen LogP contribution in [0.4, 0.5) is 0 Å². The van der Waals surface area contributed by atoms with E-state index >= 15 is 0 Å². The molecule has 0 amide bonds. The molecular weight excluding hydrogens is 424 g/mol. The van der Waals surface area contributed by atoms with Gasteiger partial charge >= 0.3 is 11.9 Å². The first-order valence-corrected chi connectivity index (χ1v) is 12.4. The average Bonchev–Trinajstić information content (AvgIpc) is 3.05. The van der Waals surface area contributed by atoms with Gasteiger partial charge in [0.15, 0.2) is 6.61 Å². The standard InChI is InChI=1S/C26H36O7/c1-2-4-18(27)7-8-20-21-11-15-5-3-6-24(22(15)12-16(21)13-23(20)28)32-14-25(29)33-19-9-17(10-19)26(30)31/h3,5-6,16-21,23,27-28H,2,4,7-14H2,1H3,(H,30,31)/t16-,17?,18-,19?,20+,21-,23+/m0/s1. The Morgan fingerprint density at radius 3 is 2.67 bits per heavy atom. The van der Waals surface area contributed by atoms with Gasteiger partial charge in [-0.15, -0.1) is 0 Å². The minimum absolute atomic E-state index is 0.195. The monoisotopic (exact) mass is 460 g/mol. The van der Waals surface area contributed by atoms with Crippen LogP contribution in [0.15, 0.2) is 18.2 Å². The highest BCUT2D eigenvalue weighted by Gasteiger charge is 2.45. The first-order chi connectivity index (χ1) is 15.9. The molecule has 2 fully saturated rings.